The summed E-state index contributed by atoms with van der Waals surface area (Å²) < 4.78 is 32.1. The minimum atomic E-state index is -0.579. The lowest BCUT2D eigenvalue weighted by Gasteiger charge is -2.46. The third-order valence-electron chi connectivity index (χ3n) is 7.07. The number of benzene rings is 4. The summed E-state index contributed by atoms with van der Waals surface area (Å²) in [4.78, 5) is 11.9. The number of esters is 1. The second kappa shape index (κ2) is 14.7. The van der Waals surface area contributed by atoms with Crippen LogP contribution in [0.1, 0.15) is 35.3 Å². The highest BCUT2D eigenvalue weighted by Gasteiger charge is 2.49. The van der Waals surface area contributed by atoms with Gasteiger partial charge in [0, 0.05) is 6.92 Å². The van der Waals surface area contributed by atoms with Crippen molar-refractivity contribution in [3.05, 3.63) is 144 Å². The van der Waals surface area contributed by atoms with Crippen LogP contribution in [0.5, 0.6) is 0 Å². The minimum Gasteiger partial charge on any atom is -0.463 e. The Morgan fingerprint density at radius 3 is 1.46 bits per heavy atom. The molecule has 0 saturated carbocycles. The van der Waals surface area contributed by atoms with Crippen molar-refractivity contribution in [2.45, 2.75) is 57.3 Å². The monoisotopic (exact) mass is 552 g/mol. The van der Waals surface area contributed by atoms with E-state index >= 15 is 0 Å². The first-order chi connectivity index (χ1) is 20.2. The number of carbonyl (C=O) groups is 1. The van der Waals surface area contributed by atoms with E-state index in [9.17, 15) is 4.79 Å². The molecule has 1 aliphatic heterocycles. The molecule has 0 amide bonds. The van der Waals surface area contributed by atoms with Crippen LogP contribution in [0, 0.1) is 0 Å². The normalized spacial score (nSPS) is 22.2. The highest BCUT2D eigenvalue weighted by molar-refractivity contribution is 5.65. The molecule has 4 aromatic carbocycles. The largest absolute Gasteiger partial charge is 0.463 e. The maximum absolute atomic E-state index is 11.9. The zero-order valence-electron chi connectivity index (χ0n) is 23.2. The first-order valence-electron chi connectivity index (χ1n) is 14.0. The Balaban J connectivity index is 1.49. The molecule has 212 valence electrons. The van der Waals surface area contributed by atoms with Crippen molar-refractivity contribution in [3.63, 3.8) is 0 Å². The number of carbonyl (C=O) groups excluding carboxylic acids is 1. The van der Waals surface area contributed by atoms with Gasteiger partial charge >= 0.3 is 5.97 Å². The Morgan fingerprint density at radius 2 is 1.00 bits per heavy atom. The van der Waals surface area contributed by atoms with E-state index in [1.54, 1.807) is 0 Å². The van der Waals surface area contributed by atoms with Gasteiger partial charge in [-0.25, -0.2) is 0 Å². The molecule has 1 unspecified atom stereocenters. The van der Waals surface area contributed by atoms with Gasteiger partial charge in [-0.3, -0.25) is 4.79 Å². The van der Waals surface area contributed by atoms with Gasteiger partial charge in [-0.2, -0.15) is 0 Å². The quantitative estimate of drug-likeness (QED) is 0.188. The number of ether oxygens (including phenoxy) is 5. The van der Waals surface area contributed by atoms with Gasteiger partial charge in [-0.1, -0.05) is 121 Å². The van der Waals surface area contributed by atoms with Crippen LogP contribution in [0.3, 0.4) is 0 Å². The summed E-state index contributed by atoms with van der Waals surface area (Å²) >= 11 is 0. The first kappa shape index (κ1) is 28.7. The molecule has 1 heterocycles. The highest BCUT2D eigenvalue weighted by Crippen LogP contribution is 2.38. The van der Waals surface area contributed by atoms with Crippen LogP contribution in [0.15, 0.2) is 121 Å². The Hall–Kier alpha value is -3.81. The van der Waals surface area contributed by atoms with Gasteiger partial charge < -0.3 is 23.7 Å². The third-order valence-corrected chi connectivity index (χ3v) is 7.07. The summed E-state index contributed by atoms with van der Waals surface area (Å²) in [6, 6.07) is 40.0. The predicted molar refractivity (Wildman–Crippen MR) is 156 cm³/mol. The molecular weight excluding hydrogens is 516 g/mol. The molecule has 0 aliphatic carbocycles. The molecule has 4 aromatic rings. The van der Waals surface area contributed by atoms with E-state index in [0.717, 1.165) is 22.3 Å². The zero-order chi connectivity index (χ0) is 28.3. The van der Waals surface area contributed by atoms with Crippen LogP contribution in [-0.4, -0.2) is 37.0 Å². The van der Waals surface area contributed by atoms with Crippen molar-refractivity contribution in [1.29, 1.82) is 0 Å². The summed E-state index contributed by atoms with van der Waals surface area (Å²) in [6.45, 7) is 2.52. The lowest BCUT2D eigenvalue weighted by atomic mass is 9.90. The standard InChI is InChI=1S/C35H36O6/c1-26(36)37-25-31-33(38-22-27-14-6-2-7-15-27)35(40-24-29-18-10-4-11-19-29)34(39-23-28-16-8-3-9-17-28)32(41-31)30-20-12-5-13-21-30/h2-21,31-35H,22-25H2,1H3/t31-,32?,33-,34+,35+/m1/s1. The topological polar surface area (TPSA) is 63.2 Å². The van der Waals surface area contributed by atoms with Crippen molar-refractivity contribution in [2.24, 2.45) is 0 Å². The van der Waals surface area contributed by atoms with Crippen LogP contribution >= 0.6 is 0 Å². The molecule has 0 spiro atoms. The molecule has 41 heavy (non-hydrogen) atoms. The van der Waals surface area contributed by atoms with Gasteiger partial charge in [0.2, 0.25) is 0 Å². The van der Waals surface area contributed by atoms with Gasteiger partial charge in [0.25, 0.3) is 0 Å². The molecule has 6 nitrogen and oxygen atoms in total. The van der Waals surface area contributed by atoms with Crippen LogP contribution in [0.25, 0.3) is 0 Å². The fraction of sp³-hybridized carbons (Fsp3) is 0.286. The van der Waals surface area contributed by atoms with E-state index < -0.39 is 30.5 Å². The van der Waals surface area contributed by atoms with Crippen molar-refractivity contribution in [1.82, 2.24) is 0 Å². The van der Waals surface area contributed by atoms with E-state index in [-0.39, 0.29) is 12.6 Å². The molecule has 0 radical (unpaired) electrons. The fourth-order valence-electron chi connectivity index (χ4n) is 5.03. The SMILES string of the molecule is CC(=O)OC[C@H]1OC(c2ccccc2)[C@H](OCc2ccccc2)[C@@H](OCc2ccccc2)[C@@H]1OCc1ccccc1. The van der Waals surface area contributed by atoms with E-state index in [0.29, 0.717) is 19.8 Å². The van der Waals surface area contributed by atoms with Gasteiger partial charge in [-0.05, 0) is 22.3 Å². The second-order valence-electron chi connectivity index (χ2n) is 10.1. The average molecular weight is 553 g/mol. The Labute approximate surface area is 241 Å². The van der Waals surface area contributed by atoms with Crippen LogP contribution in [0.4, 0.5) is 0 Å². The predicted octanol–water partition coefficient (Wildman–Crippen LogP) is 6.45. The first-order valence-corrected chi connectivity index (χ1v) is 14.0. The van der Waals surface area contributed by atoms with Crippen LogP contribution in [0.2, 0.25) is 0 Å². The fourth-order valence-corrected chi connectivity index (χ4v) is 5.03. The Bertz CT molecular complexity index is 1320. The molecule has 6 heteroatoms. The number of hydrogen-bond acceptors (Lipinski definition) is 6. The Morgan fingerprint density at radius 1 is 0.585 bits per heavy atom. The smallest absolute Gasteiger partial charge is 0.302 e. The molecule has 5 rings (SSSR count). The summed E-state index contributed by atoms with van der Waals surface area (Å²) in [5.41, 5.74) is 4.06. The molecule has 1 aliphatic rings. The summed E-state index contributed by atoms with van der Waals surface area (Å²) in [5.74, 6) is -0.379. The summed E-state index contributed by atoms with van der Waals surface area (Å²) in [6.07, 6.45) is -2.65. The molecule has 0 bridgehead atoms. The Kier molecular flexibility index (Phi) is 10.3. The van der Waals surface area contributed by atoms with Crippen molar-refractivity contribution < 1.29 is 28.5 Å². The van der Waals surface area contributed by atoms with E-state index in [1.807, 2.05) is 121 Å². The van der Waals surface area contributed by atoms with Crippen molar-refractivity contribution in [2.75, 3.05) is 6.61 Å². The zero-order valence-corrected chi connectivity index (χ0v) is 23.2. The molecule has 0 N–H and O–H groups in total. The van der Waals surface area contributed by atoms with Gasteiger partial charge in [0.15, 0.2) is 0 Å². The average Bonchev–Trinajstić information content (AvgIpc) is 3.03. The summed E-state index contributed by atoms with van der Waals surface area (Å²) in [7, 11) is 0. The van der Waals surface area contributed by atoms with Gasteiger partial charge in [-0.15, -0.1) is 0 Å². The molecule has 0 aromatic heterocycles. The van der Waals surface area contributed by atoms with E-state index in [2.05, 4.69) is 0 Å². The molecule has 1 saturated heterocycles. The van der Waals surface area contributed by atoms with Crippen molar-refractivity contribution in [3.8, 4) is 0 Å². The maximum Gasteiger partial charge on any atom is 0.302 e. The number of hydrogen-bond donors (Lipinski definition) is 0. The molecule has 1 fully saturated rings. The highest BCUT2D eigenvalue weighted by atomic mass is 16.6. The van der Waals surface area contributed by atoms with Crippen LogP contribution in [-0.2, 0) is 48.3 Å². The maximum atomic E-state index is 11.9. The second-order valence-corrected chi connectivity index (χ2v) is 10.1. The van der Waals surface area contributed by atoms with Crippen LogP contribution < -0.4 is 0 Å². The lowest BCUT2D eigenvalue weighted by Crippen LogP contribution is -2.58. The van der Waals surface area contributed by atoms with Crippen molar-refractivity contribution >= 4 is 5.97 Å². The number of rotatable bonds is 12. The molecular formula is C35H36O6. The van der Waals surface area contributed by atoms with Gasteiger partial charge in [0.05, 0.1) is 19.8 Å². The lowest BCUT2D eigenvalue weighted by molar-refractivity contribution is -0.273. The van der Waals surface area contributed by atoms with E-state index in [1.165, 1.54) is 6.92 Å². The third kappa shape index (κ3) is 8.12. The minimum absolute atomic E-state index is 0.0364. The summed E-state index contributed by atoms with van der Waals surface area (Å²) in [5, 5.41) is 0. The van der Waals surface area contributed by atoms with E-state index in [4.69, 9.17) is 23.7 Å². The molecule has 5 atom stereocenters. The van der Waals surface area contributed by atoms with Gasteiger partial charge in [0.1, 0.15) is 37.1 Å².